The summed E-state index contributed by atoms with van der Waals surface area (Å²) in [6.45, 7) is 4.08. The second-order valence-corrected chi connectivity index (χ2v) is 4.00. The Bertz CT molecular complexity index is 554. The lowest BCUT2D eigenvalue weighted by molar-refractivity contribution is 0.888. The monoisotopic (exact) mass is 228 g/mol. The third-order valence-electron chi connectivity index (χ3n) is 2.74. The highest BCUT2D eigenvalue weighted by Gasteiger charge is 2.10. The van der Waals surface area contributed by atoms with Gasteiger partial charge in [0.1, 0.15) is 11.7 Å². The number of benzene rings is 1. The van der Waals surface area contributed by atoms with Crippen molar-refractivity contribution in [2.45, 2.75) is 20.3 Å². The first kappa shape index (κ1) is 11.4. The van der Waals surface area contributed by atoms with Gasteiger partial charge in [0.2, 0.25) is 0 Å². The SMILES string of the molecule is CCc1nccn1-c1cc(C)ccc1C(=N)N. The van der Waals surface area contributed by atoms with E-state index in [1.807, 2.05) is 35.9 Å². The summed E-state index contributed by atoms with van der Waals surface area (Å²) in [4.78, 5) is 4.29. The average molecular weight is 228 g/mol. The number of nitrogens with zero attached hydrogens (tertiary/aromatic N) is 2. The van der Waals surface area contributed by atoms with Crippen molar-refractivity contribution in [2.75, 3.05) is 0 Å². The van der Waals surface area contributed by atoms with Crippen LogP contribution in [0.5, 0.6) is 0 Å². The molecule has 0 saturated carbocycles. The number of amidine groups is 1. The van der Waals surface area contributed by atoms with Crippen molar-refractivity contribution in [1.82, 2.24) is 9.55 Å². The largest absolute Gasteiger partial charge is 0.384 e. The van der Waals surface area contributed by atoms with Crippen molar-refractivity contribution >= 4 is 5.84 Å². The maximum absolute atomic E-state index is 7.62. The van der Waals surface area contributed by atoms with Crippen LogP contribution in [0.2, 0.25) is 0 Å². The number of imidazole rings is 1. The lowest BCUT2D eigenvalue weighted by atomic mass is 10.1. The molecule has 4 heteroatoms. The van der Waals surface area contributed by atoms with E-state index in [-0.39, 0.29) is 5.84 Å². The Morgan fingerprint density at radius 3 is 2.88 bits per heavy atom. The van der Waals surface area contributed by atoms with Crippen molar-refractivity contribution < 1.29 is 0 Å². The van der Waals surface area contributed by atoms with E-state index in [2.05, 4.69) is 11.9 Å². The highest BCUT2D eigenvalue weighted by molar-refractivity contribution is 5.98. The number of nitrogen functional groups attached to an aromatic ring is 1. The molecular weight excluding hydrogens is 212 g/mol. The Balaban J connectivity index is 2.65. The van der Waals surface area contributed by atoms with Gasteiger partial charge in [-0.1, -0.05) is 13.0 Å². The lowest BCUT2D eigenvalue weighted by Crippen LogP contribution is -2.15. The summed E-state index contributed by atoms with van der Waals surface area (Å²) in [5.41, 5.74) is 8.41. The van der Waals surface area contributed by atoms with E-state index in [1.165, 1.54) is 0 Å². The van der Waals surface area contributed by atoms with Crippen molar-refractivity contribution in [3.8, 4) is 5.69 Å². The minimum absolute atomic E-state index is 0.0794. The second kappa shape index (κ2) is 4.41. The number of aryl methyl sites for hydroxylation is 2. The van der Waals surface area contributed by atoms with Gasteiger partial charge in [-0.2, -0.15) is 0 Å². The van der Waals surface area contributed by atoms with Gasteiger partial charge in [-0.15, -0.1) is 0 Å². The van der Waals surface area contributed by atoms with E-state index < -0.39 is 0 Å². The molecule has 0 saturated heterocycles. The van der Waals surface area contributed by atoms with Gasteiger partial charge in [-0.3, -0.25) is 5.41 Å². The fourth-order valence-electron chi connectivity index (χ4n) is 1.88. The van der Waals surface area contributed by atoms with Crippen LogP contribution in [0.25, 0.3) is 5.69 Å². The molecule has 0 unspecified atom stereocenters. The molecule has 0 atom stereocenters. The summed E-state index contributed by atoms with van der Waals surface area (Å²) >= 11 is 0. The highest BCUT2D eigenvalue weighted by atomic mass is 15.1. The molecule has 2 rings (SSSR count). The van der Waals surface area contributed by atoms with E-state index in [1.54, 1.807) is 6.20 Å². The molecule has 0 fully saturated rings. The van der Waals surface area contributed by atoms with Gasteiger partial charge in [0.15, 0.2) is 0 Å². The van der Waals surface area contributed by atoms with Crippen LogP contribution in [0.15, 0.2) is 30.6 Å². The fraction of sp³-hybridized carbons (Fsp3) is 0.231. The number of aromatic nitrogens is 2. The molecule has 0 aliphatic heterocycles. The quantitative estimate of drug-likeness (QED) is 0.623. The molecule has 4 nitrogen and oxygen atoms in total. The van der Waals surface area contributed by atoms with Crippen LogP contribution in [0.1, 0.15) is 23.9 Å². The highest BCUT2D eigenvalue weighted by Crippen LogP contribution is 2.18. The maximum Gasteiger partial charge on any atom is 0.124 e. The van der Waals surface area contributed by atoms with Gasteiger partial charge in [0.25, 0.3) is 0 Å². The summed E-state index contributed by atoms with van der Waals surface area (Å²) in [5.74, 6) is 1.05. The number of hydrogen-bond acceptors (Lipinski definition) is 2. The first-order chi connectivity index (χ1) is 8.13. The normalized spacial score (nSPS) is 10.5. The predicted octanol–water partition coefficient (Wildman–Crippen LogP) is 2.03. The van der Waals surface area contributed by atoms with Gasteiger partial charge in [0.05, 0.1) is 5.69 Å². The molecule has 0 spiro atoms. The number of nitrogens with one attached hydrogen (secondary N) is 1. The minimum atomic E-state index is 0.0794. The van der Waals surface area contributed by atoms with Crippen molar-refractivity contribution in [1.29, 1.82) is 5.41 Å². The molecule has 0 aliphatic rings. The van der Waals surface area contributed by atoms with E-state index >= 15 is 0 Å². The lowest BCUT2D eigenvalue weighted by Gasteiger charge is -2.12. The summed E-state index contributed by atoms with van der Waals surface area (Å²) in [6, 6.07) is 5.87. The molecule has 2 aromatic rings. The average Bonchev–Trinajstić information content (AvgIpc) is 2.76. The Hall–Kier alpha value is -2.10. The molecule has 0 amide bonds. The molecule has 0 aliphatic carbocycles. The molecule has 3 N–H and O–H groups in total. The zero-order valence-electron chi connectivity index (χ0n) is 10.1. The second-order valence-electron chi connectivity index (χ2n) is 4.00. The van der Waals surface area contributed by atoms with Gasteiger partial charge >= 0.3 is 0 Å². The van der Waals surface area contributed by atoms with Crippen LogP contribution in [0.4, 0.5) is 0 Å². The van der Waals surface area contributed by atoms with Crippen LogP contribution in [0, 0.1) is 12.3 Å². The van der Waals surface area contributed by atoms with E-state index in [0.717, 1.165) is 29.1 Å². The number of nitrogens with two attached hydrogens (primary N) is 1. The summed E-state index contributed by atoms with van der Waals surface area (Å²) in [6.07, 6.45) is 4.52. The Morgan fingerprint density at radius 2 is 2.24 bits per heavy atom. The fourth-order valence-corrected chi connectivity index (χ4v) is 1.88. The third kappa shape index (κ3) is 2.06. The molecule has 1 heterocycles. The van der Waals surface area contributed by atoms with Crippen LogP contribution in [-0.2, 0) is 6.42 Å². The van der Waals surface area contributed by atoms with E-state index in [9.17, 15) is 0 Å². The number of rotatable bonds is 3. The third-order valence-corrected chi connectivity index (χ3v) is 2.74. The molecule has 88 valence electrons. The smallest absolute Gasteiger partial charge is 0.124 e. The molecule has 0 bridgehead atoms. The molecule has 17 heavy (non-hydrogen) atoms. The topological polar surface area (TPSA) is 67.7 Å². The van der Waals surface area contributed by atoms with Gasteiger partial charge < -0.3 is 10.3 Å². The van der Waals surface area contributed by atoms with Crippen LogP contribution < -0.4 is 5.73 Å². The van der Waals surface area contributed by atoms with Crippen LogP contribution >= 0.6 is 0 Å². The molecule has 1 aromatic heterocycles. The maximum atomic E-state index is 7.62. The van der Waals surface area contributed by atoms with E-state index in [4.69, 9.17) is 11.1 Å². The van der Waals surface area contributed by atoms with Crippen LogP contribution in [-0.4, -0.2) is 15.4 Å². The standard InChI is InChI=1S/C13H16N4/c1-3-12-16-6-7-17(12)11-8-9(2)4-5-10(11)13(14)15/h4-8H,3H2,1-2H3,(H3,14,15). The predicted molar refractivity (Wildman–Crippen MR) is 68.7 cm³/mol. The van der Waals surface area contributed by atoms with Gasteiger partial charge in [-0.25, -0.2) is 4.98 Å². The van der Waals surface area contributed by atoms with Crippen molar-refractivity contribution in [3.63, 3.8) is 0 Å². The molecular formula is C13H16N4. The zero-order chi connectivity index (χ0) is 12.4. The van der Waals surface area contributed by atoms with Gasteiger partial charge in [0, 0.05) is 24.4 Å². The van der Waals surface area contributed by atoms with Gasteiger partial charge in [-0.05, 0) is 24.6 Å². The zero-order valence-corrected chi connectivity index (χ0v) is 10.1. The van der Waals surface area contributed by atoms with Crippen LogP contribution in [0.3, 0.4) is 0 Å². The Morgan fingerprint density at radius 1 is 1.47 bits per heavy atom. The number of hydrogen-bond donors (Lipinski definition) is 2. The van der Waals surface area contributed by atoms with E-state index in [0.29, 0.717) is 0 Å². The Labute approximate surface area is 101 Å². The summed E-state index contributed by atoms with van der Waals surface area (Å²) in [5, 5.41) is 7.62. The summed E-state index contributed by atoms with van der Waals surface area (Å²) < 4.78 is 1.99. The first-order valence-corrected chi connectivity index (χ1v) is 5.61. The Kier molecular flexibility index (Phi) is 2.95. The summed E-state index contributed by atoms with van der Waals surface area (Å²) in [7, 11) is 0. The van der Waals surface area contributed by atoms with Crippen molar-refractivity contribution in [2.24, 2.45) is 5.73 Å². The first-order valence-electron chi connectivity index (χ1n) is 5.61. The molecule has 0 radical (unpaired) electrons. The van der Waals surface area contributed by atoms with Crippen molar-refractivity contribution in [3.05, 3.63) is 47.5 Å². The molecule has 1 aromatic carbocycles. The minimum Gasteiger partial charge on any atom is -0.384 e.